The minimum Gasteiger partial charge on any atom is -0.475 e. The summed E-state index contributed by atoms with van der Waals surface area (Å²) in [6.45, 7) is 1.12. The number of hydrogen-bond donors (Lipinski definition) is 1. The zero-order valence-electron chi connectivity index (χ0n) is 10.1. The van der Waals surface area contributed by atoms with Gasteiger partial charge in [0.15, 0.2) is 0 Å². The highest BCUT2D eigenvalue weighted by Gasteiger charge is 2.17. The van der Waals surface area contributed by atoms with Gasteiger partial charge in [-0.25, -0.2) is 0 Å². The average Bonchev–Trinajstić information content (AvgIpc) is 2.89. The molecule has 1 aliphatic rings. The first kappa shape index (κ1) is 12.6. The van der Waals surface area contributed by atoms with E-state index < -0.39 is 4.92 Å². The van der Waals surface area contributed by atoms with Crippen LogP contribution in [0.5, 0.6) is 5.88 Å². The molecule has 2 heterocycles. The van der Waals surface area contributed by atoms with Gasteiger partial charge in [0.25, 0.3) is 5.69 Å². The Balaban J connectivity index is 2.05. The Labute approximate surface area is 104 Å². The summed E-state index contributed by atoms with van der Waals surface area (Å²) in [6.07, 6.45) is 2.04. The molecule has 1 N–H and O–H groups in total. The van der Waals surface area contributed by atoms with E-state index >= 15 is 0 Å². The van der Waals surface area contributed by atoms with E-state index in [-0.39, 0.29) is 17.7 Å². The lowest BCUT2D eigenvalue weighted by molar-refractivity contribution is -0.384. The third-order valence-electron chi connectivity index (χ3n) is 2.69. The van der Waals surface area contributed by atoms with Crippen molar-refractivity contribution in [3.8, 4) is 5.88 Å². The molecule has 2 rings (SSSR count). The van der Waals surface area contributed by atoms with Gasteiger partial charge >= 0.3 is 0 Å². The van der Waals surface area contributed by atoms with E-state index in [0.29, 0.717) is 12.4 Å². The maximum atomic E-state index is 10.8. The molecule has 0 aliphatic carbocycles. The third-order valence-corrected chi connectivity index (χ3v) is 2.69. The van der Waals surface area contributed by atoms with E-state index in [2.05, 4.69) is 10.3 Å². The van der Waals surface area contributed by atoms with Crippen LogP contribution in [0.3, 0.4) is 0 Å². The zero-order chi connectivity index (χ0) is 13.0. The molecule has 0 spiro atoms. The Morgan fingerprint density at radius 3 is 3.11 bits per heavy atom. The monoisotopic (exact) mass is 253 g/mol. The first-order chi connectivity index (χ1) is 8.69. The molecule has 7 heteroatoms. The van der Waals surface area contributed by atoms with Gasteiger partial charge in [0, 0.05) is 13.7 Å². The standard InChI is InChI=1S/C11H15N3O4/c1-12-10-5-8(14(15)16)6-11(13-10)18-7-9-3-2-4-17-9/h5-6,9H,2-4,7H2,1H3,(H,12,13). The molecule has 0 amide bonds. The van der Waals surface area contributed by atoms with Gasteiger partial charge in [-0.1, -0.05) is 0 Å². The van der Waals surface area contributed by atoms with Crippen LogP contribution in [0, 0.1) is 10.1 Å². The fraction of sp³-hybridized carbons (Fsp3) is 0.545. The number of anilines is 1. The van der Waals surface area contributed by atoms with Crippen molar-refractivity contribution in [2.75, 3.05) is 25.6 Å². The van der Waals surface area contributed by atoms with Gasteiger partial charge in [0.1, 0.15) is 12.4 Å². The Morgan fingerprint density at radius 2 is 2.50 bits per heavy atom. The Bertz CT molecular complexity index is 432. The Hall–Kier alpha value is -1.89. The van der Waals surface area contributed by atoms with Crippen molar-refractivity contribution in [3.63, 3.8) is 0 Å². The molecule has 0 saturated carbocycles. The van der Waals surface area contributed by atoms with Crippen molar-refractivity contribution in [3.05, 3.63) is 22.2 Å². The number of hydrogen-bond acceptors (Lipinski definition) is 6. The molecule has 1 atom stereocenters. The first-order valence-electron chi connectivity index (χ1n) is 5.77. The van der Waals surface area contributed by atoms with Crippen LogP contribution in [-0.2, 0) is 4.74 Å². The quantitative estimate of drug-likeness (QED) is 0.633. The van der Waals surface area contributed by atoms with E-state index in [1.807, 2.05) is 0 Å². The summed E-state index contributed by atoms with van der Waals surface area (Å²) < 4.78 is 10.8. The average molecular weight is 253 g/mol. The van der Waals surface area contributed by atoms with Crippen molar-refractivity contribution in [1.29, 1.82) is 0 Å². The minimum absolute atomic E-state index is 0.0447. The van der Waals surface area contributed by atoms with Crippen LogP contribution < -0.4 is 10.1 Å². The number of nitrogens with zero attached hydrogens (tertiary/aromatic N) is 2. The summed E-state index contributed by atoms with van der Waals surface area (Å²) in [6, 6.07) is 2.68. The summed E-state index contributed by atoms with van der Waals surface area (Å²) in [4.78, 5) is 14.4. The van der Waals surface area contributed by atoms with Crippen LogP contribution in [0.1, 0.15) is 12.8 Å². The van der Waals surface area contributed by atoms with Crippen LogP contribution >= 0.6 is 0 Å². The molecule has 1 fully saturated rings. The summed E-state index contributed by atoms with van der Waals surface area (Å²) in [5, 5.41) is 13.5. The number of pyridine rings is 1. The highest BCUT2D eigenvalue weighted by atomic mass is 16.6. The molecule has 18 heavy (non-hydrogen) atoms. The molecule has 1 aromatic rings. The Kier molecular flexibility index (Phi) is 3.93. The second kappa shape index (κ2) is 5.63. The summed E-state index contributed by atoms with van der Waals surface area (Å²) in [7, 11) is 1.65. The molecule has 7 nitrogen and oxygen atoms in total. The second-order valence-corrected chi connectivity index (χ2v) is 4.00. The van der Waals surface area contributed by atoms with Gasteiger partial charge < -0.3 is 14.8 Å². The second-order valence-electron chi connectivity index (χ2n) is 4.00. The summed E-state index contributed by atoms with van der Waals surface area (Å²) in [5.41, 5.74) is -0.0447. The van der Waals surface area contributed by atoms with Crippen LogP contribution in [0.25, 0.3) is 0 Å². The van der Waals surface area contributed by atoms with Crippen molar-refractivity contribution in [2.24, 2.45) is 0 Å². The summed E-state index contributed by atoms with van der Waals surface area (Å²) >= 11 is 0. The van der Waals surface area contributed by atoms with E-state index in [1.165, 1.54) is 12.1 Å². The number of nitro groups is 1. The van der Waals surface area contributed by atoms with Crippen LogP contribution in [0.15, 0.2) is 12.1 Å². The van der Waals surface area contributed by atoms with Crippen molar-refractivity contribution in [2.45, 2.75) is 18.9 Å². The largest absolute Gasteiger partial charge is 0.475 e. The molecule has 1 unspecified atom stereocenters. The van der Waals surface area contributed by atoms with Gasteiger partial charge in [-0.15, -0.1) is 0 Å². The van der Waals surface area contributed by atoms with Crippen LogP contribution in [0.2, 0.25) is 0 Å². The smallest absolute Gasteiger partial charge is 0.278 e. The highest BCUT2D eigenvalue weighted by Crippen LogP contribution is 2.22. The van der Waals surface area contributed by atoms with Gasteiger partial charge in [-0.3, -0.25) is 10.1 Å². The predicted octanol–water partition coefficient (Wildman–Crippen LogP) is 1.59. The molecular weight excluding hydrogens is 238 g/mol. The van der Waals surface area contributed by atoms with E-state index in [0.717, 1.165) is 19.4 Å². The molecule has 98 valence electrons. The fourth-order valence-corrected chi connectivity index (χ4v) is 1.75. The minimum atomic E-state index is -0.471. The zero-order valence-corrected chi connectivity index (χ0v) is 10.1. The lowest BCUT2D eigenvalue weighted by Gasteiger charge is -2.11. The Morgan fingerprint density at radius 1 is 1.67 bits per heavy atom. The number of nitrogens with one attached hydrogen (secondary N) is 1. The first-order valence-corrected chi connectivity index (χ1v) is 5.77. The lowest BCUT2D eigenvalue weighted by Crippen LogP contribution is -2.17. The maximum Gasteiger partial charge on any atom is 0.278 e. The van der Waals surface area contributed by atoms with Crippen molar-refractivity contribution in [1.82, 2.24) is 4.98 Å². The molecule has 1 aliphatic heterocycles. The highest BCUT2D eigenvalue weighted by molar-refractivity contribution is 5.47. The molecule has 1 saturated heterocycles. The molecule has 1 aromatic heterocycles. The summed E-state index contributed by atoms with van der Waals surface area (Å²) in [5.74, 6) is 0.649. The number of ether oxygens (including phenoxy) is 2. The van der Waals surface area contributed by atoms with E-state index in [4.69, 9.17) is 9.47 Å². The number of aromatic nitrogens is 1. The van der Waals surface area contributed by atoms with Gasteiger partial charge in [-0.05, 0) is 12.8 Å². The van der Waals surface area contributed by atoms with Gasteiger partial charge in [0.2, 0.25) is 5.88 Å². The normalized spacial score (nSPS) is 18.6. The molecule has 0 radical (unpaired) electrons. The van der Waals surface area contributed by atoms with E-state index in [1.54, 1.807) is 7.05 Å². The van der Waals surface area contributed by atoms with Crippen LogP contribution in [-0.4, -0.2) is 36.3 Å². The topological polar surface area (TPSA) is 86.5 Å². The van der Waals surface area contributed by atoms with Gasteiger partial charge in [-0.2, -0.15) is 4.98 Å². The third kappa shape index (κ3) is 3.07. The van der Waals surface area contributed by atoms with Crippen molar-refractivity contribution >= 4 is 11.5 Å². The van der Waals surface area contributed by atoms with Crippen molar-refractivity contribution < 1.29 is 14.4 Å². The molecule has 0 bridgehead atoms. The van der Waals surface area contributed by atoms with Crippen LogP contribution in [0.4, 0.5) is 11.5 Å². The fourth-order valence-electron chi connectivity index (χ4n) is 1.75. The SMILES string of the molecule is CNc1cc([N+](=O)[O-])cc(OCC2CCCO2)n1. The molecular formula is C11H15N3O4. The van der Waals surface area contributed by atoms with E-state index in [9.17, 15) is 10.1 Å². The van der Waals surface area contributed by atoms with Gasteiger partial charge in [0.05, 0.1) is 23.2 Å². The predicted molar refractivity (Wildman–Crippen MR) is 64.9 cm³/mol. The lowest BCUT2D eigenvalue weighted by atomic mass is 10.2. The maximum absolute atomic E-state index is 10.8. The molecule has 0 aromatic carbocycles. The number of rotatable bonds is 5.